The second kappa shape index (κ2) is 4.94. The minimum Gasteiger partial charge on any atom is -0.365 e. The molecule has 0 aromatic heterocycles. The lowest BCUT2D eigenvalue weighted by Gasteiger charge is -2.28. The van der Waals surface area contributed by atoms with Crippen LogP contribution in [0, 0.1) is 23.0 Å². The van der Waals surface area contributed by atoms with Crippen LogP contribution >= 0.6 is 0 Å². The van der Waals surface area contributed by atoms with Crippen molar-refractivity contribution < 1.29 is 4.92 Å². The number of hydrogen-bond donors (Lipinski definition) is 1. The molecule has 5 nitrogen and oxygen atoms in total. The van der Waals surface area contributed by atoms with Gasteiger partial charge in [-0.2, -0.15) is 0 Å². The molecule has 5 heteroatoms. The van der Waals surface area contributed by atoms with Gasteiger partial charge in [0.15, 0.2) is 0 Å². The summed E-state index contributed by atoms with van der Waals surface area (Å²) in [6, 6.07) is 5.54. The summed E-state index contributed by atoms with van der Waals surface area (Å²) < 4.78 is 0. The van der Waals surface area contributed by atoms with Crippen LogP contribution in [0.25, 0.3) is 0 Å². The zero-order chi connectivity index (χ0) is 13.3. The maximum absolute atomic E-state index is 11.1. The molecule has 2 N–H and O–H groups in total. The lowest BCUT2D eigenvalue weighted by Crippen LogP contribution is -2.40. The van der Waals surface area contributed by atoms with Gasteiger partial charge in [-0.05, 0) is 37.3 Å². The second-order valence-electron chi connectivity index (χ2n) is 5.00. The molecule has 0 amide bonds. The molecule has 0 aliphatic heterocycles. The first kappa shape index (κ1) is 12.8. The quantitative estimate of drug-likeness (QED) is 0.640. The number of nitro groups is 1. The van der Waals surface area contributed by atoms with Crippen LogP contribution in [0.1, 0.15) is 18.4 Å². The first-order valence-electron chi connectivity index (χ1n) is 6.22. The van der Waals surface area contributed by atoms with Crippen LogP contribution in [0.5, 0.6) is 0 Å². The number of anilines is 1. The lowest BCUT2D eigenvalue weighted by atomic mass is 10.1. The number of nitro benzene ring substituents is 1. The average Bonchev–Trinajstić information content (AvgIpc) is 3.14. The van der Waals surface area contributed by atoms with Crippen molar-refractivity contribution >= 4 is 11.4 Å². The fourth-order valence-electron chi connectivity index (χ4n) is 2.40. The van der Waals surface area contributed by atoms with Gasteiger partial charge in [0, 0.05) is 25.7 Å². The van der Waals surface area contributed by atoms with Crippen LogP contribution in [-0.2, 0) is 0 Å². The zero-order valence-electron chi connectivity index (χ0n) is 10.8. The summed E-state index contributed by atoms with van der Waals surface area (Å²) in [5.41, 5.74) is 7.52. The van der Waals surface area contributed by atoms with Crippen molar-refractivity contribution in [3.05, 3.63) is 33.9 Å². The Labute approximate surface area is 107 Å². The van der Waals surface area contributed by atoms with Crippen molar-refractivity contribution in [1.82, 2.24) is 0 Å². The molecule has 1 atom stereocenters. The van der Waals surface area contributed by atoms with Crippen molar-refractivity contribution in [2.45, 2.75) is 25.8 Å². The summed E-state index contributed by atoms with van der Waals surface area (Å²) in [4.78, 5) is 12.8. The van der Waals surface area contributed by atoms with E-state index in [9.17, 15) is 10.1 Å². The molecule has 1 fully saturated rings. The number of benzene rings is 1. The molecule has 0 radical (unpaired) electrons. The van der Waals surface area contributed by atoms with E-state index in [0.29, 0.717) is 18.2 Å². The van der Waals surface area contributed by atoms with Gasteiger partial charge in [0.25, 0.3) is 5.69 Å². The van der Waals surface area contributed by atoms with E-state index in [2.05, 4.69) is 0 Å². The van der Waals surface area contributed by atoms with Crippen molar-refractivity contribution in [3.8, 4) is 0 Å². The predicted octanol–water partition coefficient (Wildman–Crippen LogP) is 2.08. The van der Waals surface area contributed by atoms with Crippen molar-refractivity contribution in [2.24, 2.45) is 11.7 Å². The van der Waals surface area contributed by atoms with Crippen LogP contribution < -0.4 is 10.6 Å². The van der Waals surface area contributed by atoms with Gasteiger partial charge in [-0.3, -0.25) is 10.1 Å². The zero-order valence-corrected chi connectivity index (χ0v) is 10.8. The van der Waals surface area contributed by atoms with E-state index >= 15 is 0 Å². The van der Waals surface area contributed by atoms with Gasteiger partial charge in [-0.1, -0.05) is 6.07 Å². The predicted molar refractivity (Wildman–Crippen MR) is 71.8 cm³/mol. The first-order chi connectivity index (χ1) is 8.54. The van der Waals surface area contributed by atoms with E-state index in [1.165, 1.54) is 12.8 Å². The monoisotopic (exact) mass is 249 g/mol. The SMILES string of the molecule is Cc1ccc(N(C)C(CN)C2CC2)c([N+](=O)[O-])c1. The Kier molecular flexibility index (Phi) is 3.52. The Balaban J connectivity index is 2.33. The number of aryl methyl sites for hydroxylation is 1. The topological polar surface area (TPSA) is 72.4 Å². The van der Waals surface area contributed by atoms with E-state index in [1.807, 2.05) is 31.0 Å². The second-order valence-corrected chi connectivity index (χ2v) is 5.00. The highest BCUT2D eigenvalue weighted by Crippen LogP contribution is 2.38. The van der Waals surface area contributed by atoms with E-state index < -0.39 is 0 Å². The summed E-state index contributed by atoms with van der Waals surface area (Å²) in [5, 5.41) is 11.1. The summed E-state index contributed by atoms with van der Waals surface area (Å²) in [6.45, 7) is 2.39. The third-order valence-electron chi connectivity index (χ3n) is 3.61. The molecule has 0 heterocycles. The minimum absolute atomic E-state index is 0.164. The van der Waals surface area contributed by atoms with Crippen LogP contribution in [0.2, 0.25) is 0 Å². The highest BCUT2D eigenvalue weighted by molar-refractivity contribution is 5.64. The molecular formula is C13H19N3O2. The Morgan fingerprint density at radius 2 is 2.22 bits per heavy atom. The number of hydrogen-bond acceptors (Lipinski definition) is 4. The molecule has 2 rings (SSSR count). The van der Waals surface area contributed by atoms with Crippen LogP contribution in [0.3, 0.4) is 0 Å². The standard InChI is InChI=1S/C13H19N3O2/c1-9-3-6-11(12(7-9)16(17)18)15(2)13(8-14)10-4-5-10/h3,6-7,10,13H,4-5,8,14H2,1-2H3. The minimum atomic E-state index is -0.320. The molecule has 0 saturated heterocycles. The maximum atomic E-state index is 11.1. The summed E-state index contributed by atoms with van der Waals surface area (Å²) in [5.74, 6) is 0.584. The molecule has 0 bridgehead atoms. The molecule has 18 heavy (non-hydrogen) atoms. The molecule has 1 saturated carbocycles. The van der Waals surface area contributed by atoms with Crippen LogP contribution in [0.4, 0.5) is 11.4 Å². The van der Waals surface area contributed by atoms with Crippen LogP contribution in [0.15, 0.2) is 18.2 Å². The first-order valence-corrected chi connectivity index (χ1v) is 6.22. The van der Waals surface area contributed by atoms with E-state index in [0.717, 1.165) is 5.56 Å². The summed E-state index contributed by atoms with van der Waals surface area (Å²) in [6.07, 6.45) is 2.34. The normalized spacial score (nSPS) is 16.4. The molecule has 0 spiro atoms. The van der Waals surface area contributed by atoms with E-state index in [-0.39, 0.29) is 16.7 Å². The third-order valence-corrected chi connectivity index (χ3v) is 3.61. The maximum Gasteiger partial charge on any atom is 0.292 e. The summed E-state index contributed by atoms with van der Waals surface area (Å²) >= 11 is 0. The summed E-state index contributed by atoms with van der Waals surface area (Å²) in [7, 11) is 1.90. The molecule has 98 valence electrons. The Bertz CT molecular complexity index is 458. The van der Waals surface area contributed by atoms with Gasteiger partial charge in [0.05, 0.1) is 4.92 Å². The number of likely N-dealkylation sites (N-methyl/N-ethyl adjacent to an activating group) is 1. The molecular weight excluding hydrogens is 230 g/mol. The van der Waals surface area contributed by atoms with E-state index in [1.54, 1.807) is 6.07 Å². The number of nitrogens with zero attached hydrogens (tertiary/aromatic N) is 2. The Morgan fingerprint density at radius 1 is 1.56 bits per heavy atom. The Hall–Kier alpha value is -1.62. The Morgan fingerprint density at radius 3 is 2.72 bits per heavy atom. The highest BCUT2D eigenvalue weighted by Gasteiger charge is 2.34. The molecule has 1 aromatic rings. The van der Waals surface area contributed by atoms with Crippen molar-refractivity contribution in [1.29, 1.82) is 0 Å². The number of nitrogens with two attached hydrogens (primary N) is 1. The average molecular weight is 249 g/mol. The number of rotatable bonds is 5. The van der Waals surface area contributed by atoms with Gasteiger partial charge in [-0.15, -0.1) is 0 Å². The van der Waals surface area contributed by atoms with Gasteiger partial charge < -0.3 is 10.6 Å². The molecule has 1 aromatic carbocycles. The van der Waals surface area contributed by atoms with E-state index in [4.69, 9.17) is 5.73 Å². The largest absolute Gasteiger partial charge is 0.365 e. The molecule has 1 unspecified atom stereocenters. The van der Waals surface area contributed by atoms with Gasteiger partial charge >= 0.3 is 0 Å². The fraction of sp³-hybridized carbons (Fsp3) is 0.538. The van der Waals surface area contributed by atoms with Gasteiger partial charge in [-0.25, -0.2) is 0 Å². The van der Waals surface area contributed by atoms with Crippen molar-refractivity contribution in [3.63, 3.8) is 0 Å². The third kappa shape index (κ3) is 2.46. The lowest BCUT2D eigenvalue weighted by molar-refractivity contribution is -0.384. The smallest absolute Gasteiger partial charge is 0.292 e. The van der Waals surface area contributed by atoms with Gasteiger partial charge in [0.2, 0.25) is 0 Å². The highest BCUT2D eigenvalue weighted by atomic mass is 16.6. The van der Waals surface area contributed by atoms with Crippen LogP contribution in [-0.4, -0.2) is 24.6 Å². The van der Waals surface area contributed by atoms with Gasteiger partial charge in [0.1, 0.15) is 5.69 Å². The van der Waals surface area contributed by atoms with Crippen molar-refractivity contribution in [2.75, 3.05) is 18.5 Å². The molecule has 1 aliphatic carbocycles. The molecule has 1 aliphatic rings. The fourth-order valence-corrected chi connectivity index (χ4v) is 2.40.